The lowest BCUT2D eigenvalue weighted by atomic mass is 9.78. The molecule has 5 nitrogen and oxygen atoms in total. The molecule has 1 unspecified atom stereocenters. The number of carbonyl (C=O) groups excluding carboxylic acids is 2. The van der Waals surface area contributed by atoms with Crippen molar-refractivity contribution in [2.45, 2.75) is 11.7 Å². The molecule has 0 bridgehead atoms. The largest absolute Gasteiger partial charge is 0.467 e. The molecule has 27 heavy (non-hydrogen) atoms. The predicted octanol–water partition coefficient (Wildman–Crippen LogP) is 4.17. The lowest BCUT2D eigenvalue weighted by Gasteiger charge is -2.46. The van der Waals surface area contributed by atoms with Crippen molar-refractivity contribution >= 4 is 29.3 Å². The van der Waals surface area contributed by atoms with Gasteiger partial charge in [-0.05, 0) is 23.8 Å². The Hall–Kier alpha value is -2.74. The highest BCUT2D eigenvalue weighted by Gasteiger charge is 2.57. The van der Waals surface area contributed by atoms with Gasteiger partial charge in [-0.3, -0.25) is 4.90 Å². The molecular weight excluding hydrogens is 385 g/mol. The molecule has 0 saturated carbocycles. The van der Waals surface area contributed by atoms with Crippen molar-refractivity contribution < 1.29 is 27.5 Å². The Morgan fingerprint density at radius 2 is 1.89 bits per heavy atom. The van der Waals surface area contributed by atoms with E-state index in [1.807, 2.05) is 0 Å². The first-order valence-corrected chi connectivity index (χ1v) is 8.17. The van der Waals surface area contributed by atoms with Crippen LogP contribution >= 0.6 is 11.6 Å². The van der Waals surface area contributed by atoms with Gasteiger partial charge in [0.1, 0.15) is 6.54 Å². The van der Waals surface area contributed by atoms with E-state index in [0.29, 0.717) is 4.90 Å². The highest BCUT2D eigenvalue weighted by Crippen LogP contribution is 2.46. The Kier molecular flexibility index (Phi) is 4.77. The first-order chi connectivity index (χ1) is 12.7. The molecule has 0 radical (unpaired) electrons. The number of urea groups is 1. The SMILES string of the molecule is COC(=O)C1(c2ccccc2)c2cc(Cl)ccc2NC(=O)N1CC(F)(F)F. The van der Waals surface area contributed by atoms with E-state index >= 15 is 0 Å². The molecule has 1 heterocycles. The number of benzene rings is 2. The van der Waals surface area contributed by atoms with Gasteiger partial charge in [0.15, 0.2) is 5.54 Å². The Bertz CT molecular complexity index is 889. The van der Waals surface area contributed by atoms with Crippen LogP contribution in [-0.4, -0.2) is 36.7 Å². The van der Waals surface area contributed by atoms with Gasteiger partial charge < -0.3 is 10.1 Å². The molecule has 142 valence electrons. The average molecular weight is 399 g/mol. The smallest absolute Gasteiger partial charge is 0.406 e. The Morgan fingerprint density at radius 3 is 2.48 bits per heavy atom. The number of methoxy groups -OCH3 is 1. The van der Waals surface area contributed by atoms with Crippen LogP contribution in [0.15, 0.2) is 48.5 Å². The van der Waals surface area contributed by atoms with Crippen molar-refractivity contribution in [1.29, 1.82) is 0 Å². The van der Waals surface area contributed by atoms with Crippen molar-refractivity contribution in [3.05, 3.63) is 64.7 Å². The maximum atomic E-state index is 13.3. The molecule has 3 rings (SSSR count). The molecule has 0 saturated heterocycles. The van der Waals surface area contributed by atoms with Crippen LogP contribution in [-0.2, 0) is 15.1 Å². The monoisotopic (exact) mass is 398 g/mol. The van der Waals surface area contributed by atoms with E-state index in [4.69, 9.17) is 16.3 Å². The molecule has 1 aliphatic heterocycles. The minimum absolute atomic E-state index is 0.0944. The van der Waals surface area contributed by atoms with Gasteiger partial charge in [0.05, 0.1) is 7.11 Å². The molecule has 0 spiro atoms. The van der Waals surface area contributed by atoms with Crippen molar-refractivity contribution in [3.8, 4) is 0 Å². The molecule has 2 aromatic carbocycles. The highest BCUT2D eigenvalue weighted by atomic mass is 35.5. The lowest BCUT2D eigenvalue weighted by Crippen LogP contribution is -2.62. The van der Waals surface area contributed by atoms with Crippen molar-refractivity contribution in [2.75, 3.05) is 19.0 Å². The van der Waals surface area contributed by atoms with Crippen molar-refractivity contribution in [2.24, 2.45) is 0 Å². The van der Waals surface area contributed by atoms with E-state index in [1.165, 1.54) is 30.3 Å². The normalized spacial score (nSPS) is 19.3. The fourth-order valence-electron chi connectivity index (χ4n) is 3.25. The fourth-order valence-corrected chi connectivity index (χ4v) is 3.42. The maximum absolute atomic E-state index is 13.3. The quantitative estimate of drug-likeness (QED) is 0.789. The summed E-state index contributed by atoms with van der Waals surface area (Å²) >= 11 is 6.05. The predicted molar refractivity (Wildman–Crippen MR) is 92.5 cm³/mol. The number of esters is 1. The van der Waals surface area contributed by atoms with Gasteiger partial charge in [-0.2, -0.15) is 13.2 Å². The molecule has 1 aliphatic rings. The number of anilines is 1. The van der Waals surface area contributed by atoms with E-state index in [9.17, 15) is 22.8 Å². The summed E-state index contributed by atoms with van der Waals surface area (Å²) < 4.78 is 44.8. The van der Waals surface area contributed by atoms with Gasteiger partial charge in [0.25, 0.3) is 0 Å². The van der Waals surface area contributed by atoms with E-state index in [2.05, 4.69) is 5.32 Å². The number of hydrogen-bond donors (Lipinski definition) is 1. The Morgan fingerprint density at radius 1 is 1.22 bits per heavy atom. The lowest BCUT2D eigenvalue weighted by molar-refractivity contribution is -0.166. The molecule has 0 aromatic heterocycles. The number of rotatable bonds is 3. The van der Waals surface area contributed by atoms with Crippen LogP contribution in [0.5, 0.6) is 0 Å². The molecular formula is C18H14ClF3N2O3. The summed E-state index contributed by atoms with van der Waals surface area (Å²) in [6.07, 6.45) is -4.75. The summed E-state index contributed by atoms with van der Waals surface area (Å²) in [6, 6.07) is 10.9. The number of alkyl halides is 3. The minimum Gasteiger partial charge on any atom is -0.467 e. The van der Waals surface area contributed by atoms with Crippen LogP contribution < -0.4 is 5.32 Å². The first-order valence-electron chi connectivity index (χ1n) is 7.79. The number of nitrogens with zero attached hydrogens (tertiary/aromatic N) is 1. The number of fused-ring (bicyclic) bond motifs is 1. The van der Waals surface area contributed by atoms with E-state index < -0.39 is 30.3 Å². The second kappa shape index (κ2) is 6.77. The number of carbonyl (C=O) groups is 2. The van der Waals surface area contributed by atoms with Gasteiger partial charge in [0, 0.05) is 16.3 Å². The summed E-state index contributed by atoms with van der Waals surface area (Å²) in [5, 5.41) is 2.58. The molecule has 9 heteroatoms. The second-order valence-corrected chi connectivity index (χ2v) is 6.33. The molecule has 2 aromatic rings. The number of nitrogens with one attached hydrogen (secondary N) is 1. The van der Waals surface area contributed by atoms with Gasteiger partial charge in [-0.1, -0.05) is 41.9 Å². The van der Waals surface area contributed by atoms with E-state index in [0.717, 1.165) is 7.11 Å². The first kappa shape index (κ1) is 19.0. The van der Waals surface area contributed by atoms with Crippen molar-refractivity contribution in [1.82, 2.24) is 4.90 Å². The molecule has 1 atom stereocenters. The third kappa shape index (κ3) is 3.21. The number of ether oxygens (including phenoxy) is 1. The van der Waals surface area contributed by atoms with Crippen molar-refractivity contribution in [3.63, 3.8) is 0 Å². The molecule has 0 aliphatic carbocycles. The van der Waals surface area contributed by atoms with Crippen LogP contribution in [0.1, 0.15) is 11.1 Å². The third-order valence-electron chi connectivity index (χ3n) is 4.27. The summed E-state index contributed by atoms with van der Waals surface area (Å²) in [6.45, 7) is -1.66. The standard InChI is InChI=1S/C18H14ClF3N2O3/c1-27-15(25)18(11-5-3-2-4-6-11)13-9-12(19)7-8-14(13)23-16(26)24(18)10-17(20,21)22/h2-9H,10H2,1H3,(H,23,26). The molecule has 0 fully saturated rings. The highest BCUT2D eigenvalue weighted by molar-refractivity contribution is 6.31. The second-order valence-electron chi connectivity index (χ2n) is 5.89. The molecule has 2 amide bonds. The summed E-state index contributed by atoms with van der Waals surface area (Å²) in [5.41, 5.74) is -1.72. The fraction of sp³-hybridized carbons (Fsp3) is 0.222. The van der Waals surface area contributed by atoms with Gasteiger partial charge >= 0.3 is 18.2 Å². The Labute approximate surface area is 157 Å². The van der Waals surface area contributed by atoms with Gasteiger partial charge in [-0.25, -0.2) is 9.59 Å². The summed E-state index contributed by atoms with van der Waals surface area (Å²) in [5.74, 6) is -1.03. The number of amides is 2. The zero-order valence-electron chi connectivity index (χ0n) is 14.0. The average Bonchev–Trinajstić information content (AvgIpc) is 2.62. The minimum atomic E-state index is -4.75. The summed E-state index contributed by atoms with van der Waals surface area (Å²) in [4.78, 5) is 26.0. The third-order valence-corrected chi connectivity index (χ3v) is 4.51. The zero-order chi connectivity index (χ0) is 19.8. The maximum Gasteiger partial charge on any atom is 0.406 e. The van der Waals surface area contributed by atoms with Crippen LogP contribution in [0.4, 0.5) is 23.7 Å². The van der Waals surface area contributed by atoms with Gasteiger partial charge in [0.2, 0.25) is 0 Å². The summed E-state index contributed by atoms with van der Waals surface area (Å²) in [7, 11) is 1.05. The van der Waals surface area contributed by atoms with Crippen LogP contribution in [0.3, 0.4) is 0 Å². The van der Waals surface area contributed by atoms with Crippen LogP contribution in [0.2, 0.25) is 5.02 Å². The zero-order valence-corrected chi connectivity index (χ0v) is 14.8. The topological polar surface area (TPSA) is 58.6 Å². The van der Waals surface area contributed by atoms with Crippen LogP contribution in [0.25, 0.3) is 0 Å². The van der Waals surface area contributed by atoms with Crippen LogP contribution in [0, 0.1) is 0 Å². The Balaban J connectivity index is 2.40. The van der Waals surface area contributed by atoms with Gasteiger partial charge in [-0.15, -0.1) is 0 Å². The number of hydrogen-bond acceptors (Lipinski definition) is 3. The molecule has 1 N–H and O–H groups in total. The van der Waals surface area contributed by atoms with E-state index in [-0.39, 0.29) is 21.8 Å². The van der Waals surface area contributed by atoms with E-state index in [1.54, 1.807) is 18.2 Å². The number of halogens is 4.